The minimum atomic E-state index is 0. The molecule has 0 spiro atoms. The van der Waals surface area contributed by atoms with E-state index in [0.717, 1.165) is 32.4 Å². The van der Waals surface area contributed by atoms with Crippen molar-refractivity contribution >= 4 is 18.2 Å². The van der Waals surface area contributed by atoms with Gasteiger partial charge in [0.2, 0.25) is 0 Å². The van der Waals surface area contributed by atoms with Crippen LogP contribution in [0, 0.1) is 5.92 Å². The average molecular weight is 204 g/mol. The van der Waals surface area contributed by atoms with Crippen molar-refractivity contribution in [1.82, 2.24) is 5.32 Å². The smallest absolute Gasteiger partial charge is 0.136 e. The van der Waals surface area contributed by atoms with Crippen LogP contribution in [-0.2, 0) is 4.79 Å². The molecule has 1 rings (SSSR count). The molecule has 1 saturated heterocycles. The maximum Gasteiger partial charge on any atom is 0.136 e. The van der Waals surface area contributed by atoms with Gasteiger partial charge in [0.25, 0.3) is 0 Å². The van der Waals surface area contributed by atoms with Crippen molar-refractivity contribution < 1.29 is 4.79 Å². The summed E-state index contributed by atoms with van der Waals surface area (Å²) in [6.45, 7) is 5.62. The zero-order valence-electron chi connectivity index (χ0n) is 7.92. The monoisotopic (exact) mass is 203 g/mol. The first-order valence-corrected chi connectivity index (χ1v) is 4.69. The maximum absolute atomic E-state index is 11.5. The largest absolute Gasteiger partial charge is 0.317 e. The number of carbonyl (C=O) groups is 1. The summed E-state index contributed by atoms with van der Waals surface area (Å²) in [6.07, 6.45) is 5.39. The quantitative estimate of drug-likeness (QED) is 0.708. The van der Waals surface area contributed by atoms with Crippen LogP contribution in [0.5, 0.6) is 0 Å². The number of Topliss-reactive ketones (excluding diaryl/α,β-unsaturated/α-hetero) is 1. The highest BCUT2D eigenvalue weighted by molar-refractivity contribution is 5.85. The molecule has 0 aliphatic carbocycles. The Labute approximate surface area is 86.2 Å². The maximum atomic E-state index is 11.5. The van der Waals surface area contributed by atoms with Crippen molar-refractivity contribution in [2.24, 2.45) is 5.92 Å². The van der Waals surface area contributed by atoms with Gasteiger partial charge >= 0.3 is 0 Å². The lowest BCUT2D eigenvalue weighted by atomic mass is 9.91. The molecular formula is C10H18ClNO. The highest BCUT2D eigenvalue weighted by Crippen LogP contribution is 2.15. The van der Waals surface area contributed by atoms with E-state index in [4.69, 9.17) is 0 Å². The Morgan fingerprint density at radius 3 is 2.62 bits per heavy atom. The van der Waals surface area contributed by atoms with Crippen molar-refractivity contribution in [3.8, 4) is 0 Å². The summed E-state index contributed by atoms with van der Waals surface area (Å²) in [5, 5.41) is 3.25. The molecule has 13 heavy (non-hydrogen) atoms. The molecule has 0 unspecified atom stereocenters. The third kappa shape index (κ3) is 4.44. The first-order valence-electron chi connectivity index (χ1n) is 4.69. The van der Waals surface area contributed by atoms with Crippen LogP contribution in [0.4, 0.5) is 0 Å². The SMILES string of the molecule is C=CCCC(=O)C1CCNCC1.Cl. The van der Waals surface area contributed by atoms with Gasteiger partial charge in [-0.05, 0) is 32.4 Å². The fourth-order valence-corrected chi connectivity index (χ4v) is 1.59. The Kier molecular flexibility index (Phi) is 6.92. The van der Waals surface area contributed by atoms with E-state index in [2.05, 4.69) is 11.9 Å². The third-order valence-corrected chi connectivity index (χ3v) is 2.39. The van der Waals surface area contributed by atoms with Crippen LogP contribution in [0.3, 0.4) is 0 Å². The van der Waals surface area contributed by atoms with E-state index in [9.17, 15) is 4.79 Å². The van der Waals surface area contributed by atoms with Gasteiger partial charge in [-0.1, -0.05) is 6.08 Å². The molecule has 0 atom stereocenters. The lowest BCUT2D eigenvalue weighted by molar-refractivity contribution is -0.123. The van der Waals surface area contributed by atoms with Crippen molar-refractivity contribution in [2.45, 2.75) is 25.7 Å². The molecule has 0 bridgehead atoms. The molecule has 1 aliphatic heterocycles. The summed E-state index contributed by atoms with van der Waals surface area (Å²) in [6, 6.07) is 0. The molecule has 76 valence electrons. The van der Waals surface area contributed by atoms with Crippen LogP contribution in [0.15, 0.2) is 12.7 Å². The second kappa shape index (κ2) is 7.10. The Bertz CT molecular complexity index is 164. The molecule has 0 saturated carbocycles. The Morgan fingerprint density at radius 1 is 1.46 bits per heavy atom. The summed E-state index contributed by atoms with van der Waals surface area (Å²) in [5.41, 5.74) is 0. The molecule has 0 aromatic rings. The molecule has 1 N–H and O–H groups in total. The minimum Gasteiger partial charge on any atom is -0.317 e. The van der Waals surface area contributed by atoms with Gasteiger partial charge in [0.15, 0.2) is 0 Å². The van der Waals surface area contributed by atoms with Gasteiger partial charge in [0, 0.05) is 12.3 Å². The molecule has 1 aliphatic rings. The Morgan fingerprint density at radius 2 is 2.08 bits per heavy atom. The third-order valence-electron chi connectivity index (χ3n) is 2.39. The molecule has 1 fully saturated rings. The molecule has 0 aromatic carbocycles. The number of halogens is 1. The van der Waals surface area contributed by atoms with Gasteiger partial charge in [-0.3, -0.25) is 4.79 Å². The second-order valence-corrected chi connectivity index (χ2v) is 3.32. The topological polar surface area (TPSA) is 29.1 Å². The zero-order chi connectivity index (χ0) is 8.81. The van der Waals surface area contributed by atoms with Gasteiger partial charge in [-0.25, -0.2) is 0 Å². The lowest BCUT2D eigenvalue weighted by Gasteiger charge is -2.20. The number of rotatable bonds is 4. The lowest BCUT2D eigenvalue weighted by Crippen LogP contribution is -2.31. The summed E-state index contributed by atoms with van der Waals surface area (Å²) >= 11 is 0. The van der Waals surface area contributed by atoms with Gasteiger partial charge in [0.1, 0.15) is 5.78 Å². The van der Waals surface area contributed by atoms with E-state index in [1.807, 2.05) is 6.08 Å². The Hall–Kier alpha value is -0.340. The number of hydrogen-bond acceptors (Lipinski definition) is 2. The van der Waals surface area contributed by atoms with E-state index < -0.39 is 0 Å². The standard InChI is InChI=1S/C10H17NO.ClH/c1-2-3-4-10(12)9-5-7-11-8-6-9;/h2,9,11H,1,3-8H2;1H. The number of piperidine rings is 1. The van der Waals surface area contributed by atoms with E-state index >= 15 is 0 Å². The number of hydrogen-bond donors (Lipinski definition) is 1. The predicted octanol–water partition coefficient (Wildman–Crippen LogP) is 1.94. The van der Waals surface area contributed by atoms with Crippen LogP contribution in [0.2, 0.25) is 0 Å². The fourth-order valence-electron chi connectivity index (χ4n) is 1.59. The number of carbonyl (C=O) groups excluding carboxylic acids is 1. The van der Waals surface area contributed by atoms with Crippen molar-refractivity contribution in [3.63, 3.8) is 0 Å². The molecule has 0 amide bonds. The summed E-state index contributed by atoms with van der Waals surface area (Å²) < 4.78 is 0. The van der Waals surface area contributed by atoms with E-state index in [1.54, 1.807) is 0 Å². The van der Waals surface area contributed by atoms with Crippen LogP contribution < -0.4 is 5.32 Å². The van der Waals surface area contributed by atoms with E-state index in [0.29, 0.717) is 18.1 Å². The van der Waals surface area contributed by atoms with E-state index in [1.165, 1.54) is 0 Å². The van der Waals surface area contributed by atoms with Gasteiger partial charge < -0.3 is 5.32 Å². The number of allylic oxidation sites excluding steroid dienone is 1. The van der Waals surface area contributed by atoms with Crippen LogP contribution in [0.25, 0.3) is 0 Å². The van der Waals surface area contributed by atoms with E-state index in [-0.39, 0.29) is 12.4 Å². The van der Waals surface area contributed by atoms with Crippen molar-refractivity contribution in [1.29, 1.82) is 0 Å². The predicted molar refractivity (Wildman–Crippen MR) is 57.3 cm³/mol. The van der Waals surface area contributed by atoms with Crippen molar-refractivity contribution in [3.05, 3.63) is 12.7 Å². The zero-order valence-corrected chi connectivity index (χ0v) is 8.74. The van der Waals surface area contributed by atoms with Gasteiger partial charge in [0.05, 0.1) is 0 Å². The fraction of sp³-hybridized carbons (Fsp3) is 0.700. The Balaban J connectivity index is 0.00000144. The van der Waals surface area contributed by atoms with Crippen LogP contribution in [-0.4, -0.2) is 18.9 Å². The van der Waals surface area contributed by atoms with Gasteiger partial charge in [-0.15, -0.1) is 19.0 Å². The summed E-state index contributed by atoms with van der Waals surface area (Å²) in [5.74, 6) is 0.752. The summed E-state index contributed by atoms with van der Waals surface area (Å²) in [7, 11) is 0. The van der Waals surface area contributed by atoms with Crippen molar-refractivity contribution in [2.75, 3.05) is 13.1 Å². The van der Waals surface area contributed by atoms with Gasteiger partial charge in [-0.2, -0.15) is 0 Å². The number of ketones is 1. The normalized spacial score (nSPS) is 17.5. The minimum absolute atomic E-state index is 0. The first kappa shape index (κ1) is 12.7. The molecule has 0 radical (unpaired) electrons. The molecular weight excluding hydrogens is 186 g/mol. The summed E-state index contributed by atoms with van der Waals surface area (Å²) in [4.78, 5) is 11.5. The first-order chi connectivity index (χ1) is 5.84. The molecule has 0 aromatic heterocycles. The average Bonchev–Trinajstić information content (AvgIpc) is 2.15. The highest BCUT2D eigenvalue weighted by Gasteiger charge is 2.19. The number of nitrogens with one attached hydrogen (secondary N) is 1. The molecule has 3 heteroatoms. The highest BCUT2D eigenvalue weighted by atomic mass is 35.5. The van der Waals surface area contributed by atoms with Crippen LogP contribution in [0.1, 0.15) is 25.7 Å². The van der Waals surface area contributed by atoms with Crippen LogP contribution >= 0.6 is 12.4 Å². The molecule has 2 nitrogen and oxygen atoms in total. The second-order valence-electron chi connectivity index (χ2n) is 3.32. The molecule has 1 heterocycles.